The zero-order chi connectivity index (χ0) is 16.8. The molecule has 1 N–H and O–H groups in total. The molecule has 0 atom stereocenters. The third kappa shape index (κ3) is 3.74. The van der Waals surface area contributed by atoms with E-state index in [0.29, 0.717) is 30.0 Å². The van der Waals surface area contributed by atoms with E-state index in [1.165, 1.54) is 4.68 Å². The number of aromatic nitrogens is 3. The molecular formula is C16H19N3O4. The van der Waals surface area contributed by atoms with Gasteiger partial charge in [-0.15, -0.1) is 5.10 Å². The van der Waals surface area contributed by atoms with Crippen LogP contribution < -0.4 is 0 Å². The molecule has 23 heavy (non-hydrogen) atoms. The summed E-state index contributed by atoms with van der Waals surface area (Å²) in [6, 6.07) is 6.65. The molecule has 122 valence electrons. The van der Waals surface area contributed by atoms with Crippen molar-refractivity contribution in [2.24, 2.45) is 0 Å². The SMILES string of the molecule is CCCOC(=O)c1ccc(-n2nnc(C(=O)O)c2CCC)cc1. The van der Waals surface area contributed by atoms with Gasteiger partial charge in [-0.2, -0.15) is 0 Å². The van der Waals surface area contributed by atoms with Crippen LogP contribution in [0.4, 0.5) is 0 Å². The second-order valence-corrected chi connectivity index (χ2v) is 5.03. The van der Waals surface area contributed by atoms with Crippen LogP contribution in [0.5, 0.6) is 0 Å². The maximum atomic E-state index is 11.8. The molecule has 7 heteroatoms. The zero-order valence-electron chi connectivity index (χ0n) is 13.2. The molecule has 0 bridgehead atoms. The minimum atomic E-state index is -1.10. The van der Waals surface area contributed by atoms with E-state index in [2.05, 4.69) is 10.3 Å². The fourth-order valence-electron chi connectivity index (χ4n) is 2.15. The Labute approximate surface area is 133 Å². The number of benzene rings is 1. The monoisotopic (exact) mass is 317 g/mol. The molecular weight excluding hydrogens is 298 g/mol. The van der Waals surface area contributed by atoms with Crippen molar-refractivity contribution in [3.8, 4) is 5.69 Å². The first kappa shape index (κ1) is 16.7. The molecule has 0 aliphatic rings. The van der Waals surface area contributed by atoms with Gasteiger partial charge in [0.25, 0.3) is 0 Å². The van der Waals surface area contributed by atoms with Gasteiger partial charge in [0.05, 0.1) is 23.6 Å². The first-order valence-electron chi connectivity index (χ1n) is 7.53. The summed E-state index contributed by atoms with van der Waals surface area (Å²) in [5.41, 5.74) is 1.60. The third-order valence-electron chi connectivity index (χ3n) is 3.24. The summed E-state index contributed by atoms with van der Waals surface area (Å²) >= 11 is 0. The van der Waals surface area contributed by atoms with Crippen molar-refractivity contribution < 1.29 is 19.4 Å². The number of esters is 1. The molecule has 0 unspecified atom stereocenters. The molecule has 2 rings (SSSR count). The second-order valence-electron chi connectivity index (χ2n) is 5.03. The summed E-state index contributed by atoms with van der Waals surface area (Å²) in [6.07, 6.45) is 2.09. The second kappa shape index (κ2) is 7.53. The molecule has 1 aromatic carbocycles. The van der Waals surface area contributed by atoms with Crippen LogP contribution in [-0.2, 0) is 11.2 Å². The standard InChI is InChI=1S/C16H19N3O4/c1-3-5-13-14(15(20)21)17-18-19(13)12-8-6-11(7-9-12)16(22)23-10-4-2/h6-9H,3-5,10H2,1-2H3,(H,20,21). The van der Waals surface area contributed by atoms with Gasteiger partial charge in [-0.3, -0.25) is 0 Å². The highest BCUT2D eigenvalue weighted by Crippen LogP contribution is 2.16. The van der Waals surface area contributed by atoms with Crippen molar-refractivity contribution in [3.05, 3.63) is 41.2 Å². The third-order valence-corrected chi connectivity index (χ3v) is 3.24. The van der Waals surface area contributed by atoms with Gasteiger partial charge in [-0.05, 0) is 37.1 Å². The molecule has 1 heterocycles. The Hall–Kier alpha value is -2.70. The molecule has 0 amide bonds. The Morgan fingerprint density at radius 3 is 2.43 bits per heavy atom. The van der Waals surface area contributed by atoms with Gasteiger partial charge in [0.2, 0.25) is 0 Å². The van der Waals surface area contributed by atoms with Crippen LogP contribution in [0.15, 0.2) is 24.3 Å². The molecule has 2 aromatic rings. The Kier molecular flexibility index (Phi) is 5.46. The Morgan fingerprint density at radius 2 is 1.87 bits per heavy atom. The summed E-state index contributed by atoms with van der Waals surface area (Å²) in [6.45, 7) is 4.26. The van der Waals surface area contributed by atoms with Crippen LogP contribution in [-0.4, -0.2) is 38.6 Å². The number of hydrogen-bond donors (Lipinski definition) is 1. The molecule has 0 aliphatic heterocycles. The normalized spacial score (nSPS) is 10.5. The predicted molar refractivity (Wildman–Crippen MR) is 82.9 cm³/mol. The van der Waals surface area contributed by atoms with Gasteiger partial charge in [0, 0.05) is 0 Å². The predicted octanol–water partition coefficient (Wildman–Crippen LogP) is 2.48. The van der Waals surface area contributed by atoms with Crippen LogP contribution in [0, 0.1) is 0 Å². The Morgan fingerprint density at radius 1 is 1.17 bits per heavy atom. The van der Waals surface area contributed by atoms with Gasteiger partial charge in [0.1, 0.15) is 0 Å². The maximum absolute atomic E-state index is 11.8. The number of rotatable bonds is 7. The minimum Gasteiger partial charge on any atom is -0.476 e. The molecule has 0 fully saturated rings. The first-order valence-corrected chi connectivity index (χ1v) is 7.53. The lowest BCUT2D eigenvalue weighted by atomic mass is 10.1. The van der Waals surface area contributed by atoms with Crippen molar-refractivity contribution in [2.75, 3.05) is 6.61 Å². The summed E-state index contributed by atoms with van der Waals surface area (Å²) < 4.78 is 6.56. The number of aromatic carboxylic acids is 1. The topological polar surface area (TPSA) is 94.3 Å². The largest absolute Gasteiger partial charge is 0.476 e. The molecule has 0 saturated heterocycles. The average Bonchev–Trinajstić information content (AvgIpc) is 2.97. The van der Waals surface area contributed by atoms with Crippen molar-refractivity contribution in [3.63, 3.8) is 0 Å². The average molecular weight is 317 g/mol. The Balaban J connectivity index is 2.29. The number of carbonyl (C=O) groups is 2. The van der Waals surface area contributed by atoms with E-state index in [0.717, 1.165) is 12.8 Å². The van der Waals surface area contributed by atoms with Crippen LogP contribution >= 0.6 is 0 Å². The van der Waals surface area contributed by atoms with Crippen LogP contribution in [0.1, 0.15) is 53.2 Å². The fraction of sp³-hybridized carbons (Fsp3) is 0.375. The summed E-state index contributed by atoms with van der Waals surface area (Å²) in [5, 5.41) is 16.8. The highest BCUT2D eigenvalue weighted by atomic mass is 16.5. The molecule has 0 radical (unpaired) electrons. The van der Waals surface area contributed by atoms with E-state index in [4.69, 9.17) is 4.74 Å². The number of carbonyl (C=O) groups excluding carboxylic acids is 1. The number of nitrogens with zero attached hydrogens (tertiary/aromatic N) is 3. The molecule has 7 nitrogen and oxygen atoms in total. The van der Waals surface area contributed by atoms with Crippen LogP contribution in [0.25, 0.3) is 5.69 Å². The van der Waals surface area contributed by atoms with E-state index in [9.17, 15) is 14.7 Å². The molecule has 1 aromatic heterocycles. The number of ether oxygens (including phenoxy) is 1. The van der Waals surface area contributed by atoms with E-state index in [-0.39, 0.29) is 11.7 Å². The number of hydrogen-bond acceptors (Lipinski definition) is 5. The van der Waals surface area contributed by atoms with Gasteiger partial charge >= 0.3 is 11.9 Å². The lowest BCUT2D eigenvalue weighted by Crippen LogP contribution is -2.08. The number of carboxylic acid groups (broad SMARTS) is 1. The maximum Gasteiger partial charge on any atom is 0.358 e. The number of carboxylic acids is 1. The molecule has 0 saturated carbocycles. The first-order chi connectivity index (χ1) is 11.1. The van der Waals surface area contributed by atoms with Crippen LogP contribution in [0.2, 0.25) is 0 Å². The highest BCUT2D eigenvalue weighted by molar-refractivity contribution is 5.89. The summed E-state index contributed by atoms with van der Waals surface area (Å²) in [4.78, 5) is 23.0. The minimum absolute atomic E-state index is 0.0433. The lowest BCUT2D eigenvalue weighted by Gasteiger charge is -2.07. The van der Waals surface area contributed by atoms with Crippen molar-refractivity contribution in [1.29, 1.82) is 0 Å². The van der Waals surface area contributed by atoms with Gasteiger partial charge in [-0.25, -0.2) is 14.3 Å². The highest BCUT2D eigenvalue weighted by Gasteiger charge is 2.19. The van der Waals surface area contributed by atoms with E-state index >= 15 is 0 Å². The molecule has 0 spiro atoms. The van der Waals surface area contributed by atoms with Gasteiger partial charge in [0.15, 0.2) is 5.69 Å². The van der Waals surface area contributed by atoms with Crippen molar-refractivity contribution >= 4 is 11.9 Å². The fourth-order valence-corrected chi connectivity index (χ4v) is 2.15. The van der Waals surface area contributed by atoms with Crippen molar-refractivity contribution in [1.82, 2.24) is 15.0 Å². The summed E-state index contributed by atoms with van der Waals surface area (Å²) in [5.74, 6) is -1.48. The molecule has 0 aliphatic carbocycles. The lowest BCUT2D eigenvalue weighted by molar-refractivity contribution is 0.0504. The van der Waals surface area contributed by atoms with E-state index in [1.807, 2.05) is 13.8 Å². The zero-order valence-corrected chi connectivity index (χ0v) is 13.2. The van der Waals surface area contributed by atoms with Gasteiger partial charge < -0.3 is 9.84 Å². The van der Waals surface area contributed by atoms with Crippen LogP contribution in [0.3, 0.4) is 0 Å². The Bertz CT molecular complexity index is 692. The quantitative estimate of drug-likeness (QED) is 0.788. The van der Waals surface area contributed by atoms with E-state index < -0.39 is 5.97 Å². The van der Waals surface area contributed by atoms with E-state index in [1.54, 1.807) is 24.3 Å². The van der Waals surface area contributed by atoms with Crippen molar-refractivity contribution in [2.45, 2.75) is 33.1 Å². The van der Waals surface area contributed by atoms with Gasteiger partial charge in [-0.1, -0.05) is 25.5 Å². The smallest absolute Gasteiger partial charge is 0.358 e. The summed E-state index contributed by atoms with van der Waals surface area (Å²) in [7, 11) is 0.